The Bertz CT molecular complexity index is 1010. The quantitative estimate of drug-likeness (QED) is 0.161. The molecular weight excluding hydrogens is 491 g/mol. The van der Waals surface area contributed by atoms with Crippen LogP contribution in [0.15, 0.2) is 18.5 Å². The first kappa shape index (κ1) is 28.6. The summed E-state index contributed by atoms with van der Waals surface area (Å²) < 4.78 is 57.1. The third-order valence-electron chi connectivity index (χ3n) is 8.02. The summed E-state index contributed by atoms with van der Waals surface area (Å²) in [5.41, 5.74) is -0.414. The zero-order chi connectivity index (χ0) is 27.0. The van der Waals surface area contributed by atoms with Crippen molar-refractivity contribution in [2.24, 2.45) is 11.8 Å². The first-order valence-electron chi connectivity index (χ1n) is 14.6. The van der Waals surface area contributed by atoms with E-state index in [9.17, 15) is 4.39 Å². The van der Waals surface area contributed by atoms with Crippen molar-refractivity contribution in [2.75, 3.05) is 13.2 Å². The van der Waals surface area contributed by atoms with Crippen molar-refractivity contribution in [3.05, 3.63) is 41.4 Å². The number of nitrogens with zero attached hydrogens (tertiary/aromatic N) is 3. The van der Waals surface area contributed by atoms with E-state index in [1.54, 1.807) is 0 Å². The first-order valence-corrected chi connectivity index (χ1v) is 14.6. The van der Waals surface area contributed by atoms with Crippen molar-refractivity contribution < 1.29 is 22.6 Å². The van der Waals surface area contributed by atoms with E-state index in [0.29, 0.717) is 19.0 Å². The molecule has 2 unspecified atom stereocenters. The highest BCUT2D eigenvalue weighted by molar-refractivity contribution is 5.38. The van der Waals surface area contributed by atoms with Crippen molar-refractivity contribution in [3.8, 4) is 11.6 Å². The number of aromatic nitrogens is 3. The van der Waals surface area contributed by atoms with E-state index in [0.717, 1.165) is 56.8 Å². The molecule has 0 amide bonds. The van der Waals surface area contributed by atoms with Crippen LogP contribution in [0.1, 0.15) is 114 Å². The summed E-state index contributed by atoms with van der Waals surface area (Å²) in [6.45, 7) is 5.35. The molecule has 0 bridgehead atoms. The molecule has 38 heavy (non-hydrogen) atoms. The van der Waals surface area contributed by atoms with Gasteiger partial charge in [0.2, 0.25) is 11.8 Å². The minimum Gasteiger partial charge on any atom is -0.490 e. The summed E-state index contributed by atoms with van der Waals surface area (Å²) in [6, 6.07) is 1.47. The lowest BCUT2D eigenvalue weighted by molar-refractivity contribution is -0.0501. The number of hydrogen-bond donors (Lipinski definition) is 0. The van der Waals surface area contributed by atoms with E-state index in [1.165, 1.54) is 44.1 Å². The molecule has 0 N–H and O–H groups in total. The highest BCUT2D eigenvalue weighted by Crippen LogP contribution is 2.49. The summed E-state index contributed by atoms with van der Waals surface area (Å²) in [4.78, 5) is 12.0. The molecule has 0 radical (unpaired) electrons. The number of pyridine rings is 1. The van der Waals surface area contributed by atoms with Gasteiger partial charge in [-0.3, -0.25) is 0 Å². The molecule has 2 aliphatic rings. The second kappa shape index (κ2) is 13.6. The largest absolute Gasteiger partial charge is 0.490 e. The van der Waals surface area contributed by atoms with Crippen LogP contribution >= 0.6 is 0 Å². The van der Waals surface area contributed by atoms with E-state index >= 15 is 8.78 Å². The van der Waals surface area contributed by atoms with E-state index < -0.39 is 23.4 Å². The molecule has 0 saturated heterocycles. The Kier molecular flexibility index (Phi) is 10.3. The summed E-state index contributed by atoms with van der Waals surface area (Å²) in [5.74, 6) is -3.66. The predicted octanol–water partition coefficient (Wildman–Crippen LogP) is 8.17. The molecule has 2 aliphatic carbocycles. The number of aryl methyl sites for hydroxylation is 1. The molecule has 5 nitrogen and oxygen atoms in total. The van der Waals surface area contributed by atoms with E-state index in [2.05, 4.69) is 28.8 Å². The molecule has 4 rings (SSSR count). The topological polar surface area (TPSA) is 57.1 Å². The highest BCUT2D eigenvalue weighted by atomic mass is 19.3. The van der Waals surface area contributed by atoms with Crippen LogP contribution in [0.3, 0.4) is 0 Å². The Morgan fingerprint density at radius 3 is 2.34 bits per heavy atom. The lowest BCUT2D eigenvalue weighted by atomic mass is 9.80. The van der Waals surface area contributed by atoms with Gasteiger partial charge in [0.25, 0.3) is 5.92 Å². The maximum Gasteiger partial charge on any atom is 0.287 e. The van der Waals surface area contributed by atoms with E-state index in [4.69, 9.17) is 9.47 Å². The maximum absolute atomic E-state index is 15.5. The Morgan fingerprint density at radius 1 is 0.947 bits per heavy atom. The number of ether oxygens (including phenoxy) is 2. The Balaban J connectivity index is 1.29. The van der Waals surface area contributed by atoms with Gasteiger partial charge in [-0.2, -0.15) is 9.37 Å². The van der Waals surface area contributed by atoms with Gasteiger partial charge in [0, 0.05) is 6.07 Å². The summed E-state index contributed by atoms with van der Waals surface area (Å²) >= 11 is 0. The minimum atomic E-state index is -3.47. The van der Waals surface area contributed by atoms with Gasteiger partial charge in [0.15, 0.2) is 5.75 Å². The summed E-state index contributed by atoms with van der Waals surface area (Å²) in [6.07, 6.45) is 15.8. The first-order chi connectivity index (χ1) is 18.4. The van der Waals surface area contributed by atoms with E-state index in [1.807, 2.05) is 0 Å². The second-order valence-corrected chi connectivity index (χ2v) is 10.9. The zero-order valence-corrected chi connectivity index (χ0v) is 22.9. The molecule has 2 atom stereocenters. The molecule has 2 aromatic heterocycles. The fourth-order valence-electron chi connectivity index (χ4n) is 5.61. The SMILES string of the molecule is CCCCCCOc1cnc(C2CCc3cc(OCCCCCC(CC)C4CC4)nc(F)c3C2(F)F)nc1. The molecular formula is C30H42F3N3O2. The van der Waals surface area contributed by atoms with Crippen LogP contribution < -0.4 is 9.47 Å². The van der Waals surface area contributed by atoms with Crippen LogP contribution in [-0.2, 0) is 12.3 Å². The Morgan fingerprint density at radius 2 is 1.66 bits per heavy atom. The van der Waals surface area contributed by atoms with Crippen molar-refractivity contribution in [1.29, 1.82) is 0 Å². The second-order valence-electron chi connectivity index (χ2n) is 10.9. The van der Waals surface area contributed by atoms with E-state index in [-0.39, 0.29) is 30.1 Å². The van der Waals surface area contributed by atoms with Gasteiger partial charge in [0.1, 0.15) is 5.82 Å². The van der Waals surface area contributed by atoms with Gasteiger partial charge in [0.05, 0.1) is 37.1 Å². The third-order valence-corrected chi connectivity index (χ3v) is 8.02. The van der Waals surface area contributed by atoms with Crippen molar-refractivity contribution in [2.45, 2.75) is 109 Å². The Labute approximate surface area is 225 Å². The maximum atomic E-state index is 15.5. The van der Waals surface area contributed by atoms with Crippen LogP contribution in [0.5, 0.6) is 11.6 Å². The molecule has 0 aliphatic heterocycles. The number of halogens is 3. The molecule has 2 aromatic rings. The monoisotopic (exact) mass is 533 g/mol. The zero-order valence-electron chi connectivity index (χ0n) is 22.9. The lowest BCUT2D eigenvalue weighted by Crippen LogP contribution is -2.33. The standard InChI is InChI=1S/C30H42F3N3O2/c1-3-5-6-9-16-37-24-19-34-29(35-20-24)25-15-14-23-18-26(36-28(31)27(23)30(25,32)33)38-17-10-7-8-11-21(4-2)22-12-13-22/h18-22,25H,3-17H2,1-2H3. The fourth-order valence-corrected chi connectivity index (χ4v) is 5.61. The number of hydrogen-bond acceptors (Lipinski definition) is 5. The van der Waals surface area contributed by atoms with Gasteiger partial charge in [-0.05, 0) is 55.9 Å². The van der Waals surface area contributed by atoms with Crippen molar-refractivity contribution in [1.82, 2.24) is 15.0 Å². The molecule has 2 heterocycles. The van der Waals surface area contributed by atoms with Crippen molar-refractivity contribution in [3.63, 3.8) is 0 Å². The average molecular weight is 534 g/mol. The number of rotatable bonds is 16. The number of fused-ring (bicyclic) bond motifs is 1. The summed E-state index contributed by atoms with van der Waals surface area (Å²) in [5, 5.41) is 0. The molecule has 0 aromatic carbocycles. The van der Waals surface area contributed by atoms with Crippen LogP contribution in [0.4, 0.5) is 13.2 Å². The van der Waals surface area contributed by atoms with Crippen molar-refractivity contribution >= 4 is 0 Å². The fraction of sp³-hybridized carbons (Fsp3) is 0.700. The van der Waals surface area contributed by atoms with Crippen LogP contribution in [0.2, 0.25) is 0 Å². The molecule has 1 fully saturated rings. The number of unbranched alkanes of at least 4 members (excludes halogenated alkanes) is 5. The molecule has 8 heteroatoms. The van der Waals surface area contributed by atoms with Gasteiger partial charge < -0.3 is 9.47 Å². The van der Waals surface area contributed by atoms with Crippen LogP contribution in [-0.4, -0.2) is 28.2 Å². The highest BCUT2D eigenvalue weighted by Gasteiger charge is 2.50. The van der Waals surface area contributed by atoms with Gasteiger partial charge in [-0.1, -0.05) is 58.8 Å². The molecule has 0 spiro atoms. The molecule has 210 valence electrons. The van der Waals surface area contributed by atoms with Gasteiger partial charge in [-0.25, -0.2) is 18.7 Å². The molecule has 1 saturated carbocycles. The minimum absolute atomic E-state index is 0.00860. The van der Waals surface area contributed by atoms with Gasteiger partial charge in [-0.15, -0.1) is 0 Å². The van der Waals surface area contributed by atoms with Crippen LogP contribution in [0, 0.1) is 17.8 Å². The Hall–Kier alpha value is -2.38. The van der Waals surface area contributed by atoms with Gasteiger partial charge >= 0.3 is 0 Å². The average Bonchev–Trinajstić information content (AvgIpc) is 3.74. The lowest BCUT2D eigenvalue weighted by Gasteiger charge is -2.32. The predicted molar refractivity (Wildman–Crippen MR) is 141 cm³/mol. The normalized spacial score (nSPS) is 19.1. The summed E-state index contributed by atoms with van der Waals surface area (Å²) in [7, 11) is 0. The van der Waals surface area contributed by atoms with Crippen LogP contribution in [0.25, 0.3) is 0 Å². The smallest absolute Gasteiger partial charge is 0.287 e. The third kappa shape index (κ3) is 7.38. The number of alkyl halides is 2.